The van der Waals surface area contributed by atoms with Gasteiger partial charge in [-0.2, -0.15) is 13.2 Å². The van der Waals surface area contributed by atoms with E-state index in [0.717, 1.165) is 6.07 Å². The van der Waals surface area contributed by atoms with Crippen molar-refractivity contribution in [3.8, 4) is 0 Å². The van der Waals surface area contributed by atoms with Crippen molar-refractivity contribution in [1.82, 2.24) is 0 Å². The van der Waals surface area contributed by atoms with E-state index in [2.05, 4.69) is 0 Å². The second-order valence-corrected chi connectivity index (χ2v) is 4.44. The molecule has 92 valence electrons. The van der Waals surface area contributed by atoms with Gasteiger partial charge < -0.3 is 5.73 Å². The summed E-state index contributed by atoms with van der Waals surface area (Å²) in [7, 11) is 0. The van der Waals surface area contributed by atoms with Crippen molar-refractivity contribution >= 4 is 0 Å². The molecule has 0 unspecified atom stereocenters. The zero-order valence-electron chi connectivity index (χ0n) is 9.30. The zero-order valence-corrected chi connectivity index (χ0v) is 9.30. The molecule has 0 aromatic heterocycles. The summed E-state index contributed by atoms with van der Waals surface area (Å²) >= 11 is 0. The largest absolute Gasteiger partial charge is 0.416 e. The van der Waals surface area contributed by atoms with Gasteiger partial charge in [-0.25, -0.2) is 0 Å². The van der Waals surface area contributed by atoms with Gasteiger partial charge in [0, 0.05) is 12.0 Å². The second kappa shape index (κ2) is 4.18. The maximum Gasteiger partial charge on any atom is 0.416 e. The Balaban J connectivity index is 2.39. The fourth-order valence-corrected chi connectivity index (χ4v) is 2.25. The lowest BCUT2D eigenvalue weighted by Gasteiger charge is -2.28. The van der Waals surface area contributed by atoms with E-state index in [4.69, 9.17) is 5.73 Å². The number of alkyl halides is 3. The van der Waals surface area contributed by atoms with Gasteiger partial charge in [-0.1, -0.05) is 30.4 Å². The van der Waals surface area contributed by atoms with E-state index in [1.807, 2.05) is 12.2 Å². The summed E-state index contributed by atoms with van der Waals surface area (Å²) < 4.78 is 37.9. The summed E-state index contributed by atoms with van der Waals surface area (Å²) in [6.07, 6.45) is 1.09. The van der Waals surface area contributed by atoms with Crippen LogP contribution < -0.4 is 5.73 Å². The lowest BCUT2D eigenvalue weighted by Crippen LogP contribution is -2.32. The van der Waals surface area contributed by atoms with Crippen LogP contribution in [0, 0.1) is 0 Å². The number of nitrogens with two attached hydrogens (primary N) is 1. The van der Waals surface area contributed by atoms with Gasteiger partial charge in [-0.05, 0) is 24.5 Å². The Morgan fingerprint density at radius 2 is 1.82 bits per heavy atom. The number of halogens is 3. The van der Waals surface area contributed by atoms with Crippen LogP contribution in [0.1, 0.15) is 24.0 Å². The van der Waals surface area contributed by atoms with E-state index in [1.165, 1.54) is 12.1 Å². The summed E-state index contributed by atoms with van der Waals surface area (Å²) in [5.74, 6) is 0. The van der Waals surface area contributed by atoms with Crippen molar-refractivity contribution in [2.24, 2.45) is 5.73 Å². The molecular formula is C13H14F3N. The number of allylic oxidation sites excluding steroid dienone is 2. The fraction of sp³-hybridized carbons (Fsp3) is 0.385. The van der Waals surface area contributed by atoms with E-state index in [-0.39, 0.29) is 5.41 Å². The molecule has 0 saturated heterocycles. The van der Waals surface area contributed by atoms with Crippen LogP contribution in [-0.4, -0.2) is 6.54 Å². The number of rotatable bonds is 2. The van der Waals surface area contributed by atoms with Crippen LogP contribution in [0.15, 0.2) is 36.4 Å². The molecule has 2 rings (SSSR count). The Hall–Kier alpha value is -1.29. The summed E-state index contributed by atoms with van der Waals surface area (Å²) in [5, 5.41) is 0. The van der Waals surface area contributed by atoms with E-state index in [9.17, 15) is 13.2 Å². The molecule has 0 radical (unpaired) electrons. The molecule has 0 saturated carbocycles. The topological polar surface area (TPSA) is 26.0 Å². The predicted molar refractivity (Wildman–Crippen MR) is 60.6 cm³/mol. The van der Waals surface area contributed by atoms with Gasteiger partial charge in [-0.3, -0.25) is 0 Å². The minimum atomic E-state index is -4.29. The Kier molecular flexibility index (Phi) is 3.00. The minimum absolute atomic E-state index is 0.346. The van der Waals surface area contributed by atoms with Crippen molar-refractivity contribution in [2.45, 2.75) is 24.4 Å². The average Bonchev–Trinajstić information content (AvgIpc) is 2.78. The summed E-state index contributed by atoms with van der Waals surface area (Å²) in [4.78, 5) is 0. The first-order valence-electron chi connectivity index (χ1n) is 5.51. The molecule has 1 aliphatic carbocycles. The predicted octanol–water partition coefficient (Wildman–Crippen LogP) is 3.25. The van der Waals surface area contributed by atoms with Crippen LogP contribution in [0.4, 0.5) is 13.2 Å². The molecule has 0 aliphatic heterocycles. The quantitative estimate of drug-likeness (QED) is 0.790. The first kappa shape index (κ1) is 12.2. The molecule has 0 bridgehead atoms. The molecule has 1 aromatic rings. The summed E-state index contributed by atoms with van der Waals surface area (Å²) in [5.41, 5.74) is 5.47. The van der Waals surface area contributed by atoms with Crippen molar-refractivity contribution in [3.05, 3.63) is 47.5 Å². The van der Waals surface area contributed by atoms with Crippen LogP contribution in [0.25, 0.3) is 0 Å². The van der Waals surface area contributed by atoms with Crippen molar-refractivity contribution < 1.29 is 13.2 Å². The van der Waals surface area contributed by atoms with E-state index in [1.54, 1.807) is 6.07 Å². The Bertz CT molecular complexity index is 427. The summed E-state index contributed by atoms with van der Waals surface area (Å²) in [6.45, 7) is 0.362. The Morgan fingerprint density at radius 3 is 2.35 bits per heavy atom. The van der Waals surface area contributed by atoms with Gasteiger partial charge in [0.1, 0.15) is 0 Å². The molecule has 0 fully saturated rings. The smallest absolute Gasteiger partial charge is 0.330 e. The average molecular weight is 241 g/mol. The normalized spacial score (nSPS) is 18.6. The third kappa shape index (κ3) is 2.22. The molecular weight excluding hydrogens is 227 g/mol. The molecule has 1 aliphatic rings. The maximum absolute atomic E-state index is 12.6. The third-order valence-electron chi connectivity index (χ3n) is 3.38. The zero-order chi connectivity index (χ0) is 12.5. The molecule has 17 heavy (non-hydrogen) atoms. The van der Waals surface area contributed by atoms with Crippen LogP contribution in [0.2, 0.25) is 0 Å². The minimum Gasteiger partial charge on any atom is -0.330 e. The molecule has 0 spiro atoms. The van der Waals surface area contributed by atoms with Crippen molar-refractivity contribution in [1.29, 1.82) is 0 Å². The monoisotopic (exact) mass is 241 g/mol. The van der Waals surface area contributed by atoms with E-state index in [0.29, 0.717) is 24.9 Å². The van der Waals surface area contributed by atoms with Crippen molar-refractivity contribution in [2.75, 3.05) is 6.54 Å². The first-order chi connectivity index (χ1) is 7.98. The molecule has 4 heteroatoms. The molecule has 0 atom stereocenters. The highest BCUT2D eigenvalue weighted by Gasteiger charge is 2.35. The van der Waals surface area contributed by atoms with Gasteiger partial charge >= 0.3 is 6.18 Å². The maximum atomic E-state index is 12.6. The third-order valence-corrected chi connectivity index (χ3v) is 3.38. The standard InChI is InChI=1S/C13H14F3N/c14-13(15,16)11-5-3-4-10(8-11)12(9-17)6-1-2-7-12/h1-5,8H,6-7,9,17H2. The molecule has 0 heterocycles. The van der Waals surface area contributed by atoms with Crippen LogP contribution in [-0.2, 0) is 11.6 Å². The fourth-order valence-electron chi connectivity index (χ4n) is 2.25. The Labute approximate surface area is 98.1 Å². The number of hydrogen-bond acceptors (Lipinski definition) is 1. The highest BCUT2D eigenvalue weighted by atomic mass is 19.4. The number of hydrogen-bond donors (Lipinski definition) is 1. The van der Waals surface area contributed by atoms with Crippen molar-refractivity contribution in [3.63, 3.8) is 0 Å². The van der Waals surface area contributed by atoms with Crippen LogP contribution in [0.3, 0.4) is 0 Å². The van der Waals surface area contributed by atoms with Gasteiger partial charge in [-0.15, -0.1) is 0 Å². The lowest BCUT2D eigenvalue weighted by atomic mass is 9.78. The van der Waals surface area contributed by atoms with E-state index < -0.39 is 11.7 Å². The van der Waals surface area contributed by atoms with Crippen LogP contribution >= 0.6 is 0 Å². The number of benzene rings is 1. The van der Waals surface area contributed by atoms with E-state index >= 15 is 0 Å². The van der Waals surface area contributed by atoms with Gasteiger partial charge in [0.25, 0.3) is 0 Å². The first-order valence-corrected chi connectivity index (χ1v) is 5.51. The molecule has 0 amide bonds. The van der Waals surface area contributed by atoms with Gasteiger partial charge in [0.2, 0.25) is 0 Å². The Morgan fingerprint density at radius 1 is 1.18 bits per heavy atom. The lowest BCUT2D eigenvalue weighted by molar-refractivity contribution is -0.137. The highest BCUT2D eigenvalue weighted by Crippen LogP contribution is 2.38. The van der Waals surface area contributed by atoms with Gasteiger partial charge in [0.15, 0.2) is 0 Å². The van der Waals surface area contributed by atoms with Gasteiger partial charge in [0.05, 0.1) is 5.56 Å². The highest BCUT2D eigenvalue weighted by molar-refractivity contribution is 5.35. The molecule has 1 aromatic carbocycles. The second-order valence-electron chi connectivity index (χ2n) is 4.44. The molecule has 1 nitrogen and oxygen atoms in total. The SMILES string of the molecule is NCC1(c2cccc(C(F)(F)F)c2)CC=CC1. The summed E-state index contributed by atoms with van der Waals surface area (Å²) in [6, 6.07) is 5.50. The van der Waals surface area contributed by atoms with Crippen LogP contribution in [0.5, 0.6) is 0 Å². The molecule has 2 N–H and O–H groups in total.